The third kappa shape index (κ3) is 3.05. The van der Waals surface area contributed by atoms with Gasteiger partial charge in [0.25, 0.3) is 0 Å². The lowest BCUT2D eigenvalue weighted by Crippen LogP contribution is -2.46. The second-order valence-corrected chi connectivity index (χ2v) is 10.4. The fraction of sp³-hybridized carbons (Fsp3) is 0.462. The number of likely N-dealkylation sites (tertiary alicyclic amines) is 1. The van der Waals surface area contributed by atoms with E-state index in [1.807, 2.05) is 26.8 Å². The van der Waals surface area contributed by atoms with Gasteiger partial charge in [0.15, 0.2) is 11.6 Å². The number of hydrogen-bond donors (Lipinski definition) is 1. The van der Waals surface area contributed by atoms with Crippen molar-refractivity contribution in [3.63, 3.8) is 0 Å². The molecule has 0 bridgehead atoms. The number of Topliss-reactive ketones (excluding diaryl/α,β-unsaturated/α-hetero) is 1. The summed E-state index contributed by atoms with van der Waals surface area (Å²) in [5.41, 5.74) is 1.37. The second-order valence-electron chi connectivity index (χ2n) is 10.4. The minimum Gasteiger partial charge on any atom is -0.463 e. The van der Waals surface area contributed by atoms with Crippen molar-refractivity contribution in [1.82, 2.24) is 4.90 Å². The summed E-state index contributed by atoms with van der Waals surface area (Å²) >= 11 is 0. The summed E-state index contributed by atoms with van der Waals surface area (Å²) in [5.74, 6) is -2.04. The minimum atomic E-state index is -0.642. The molecular weight excluding hydrogens is 422 g/mol. The molecule has 1 aliphatic heterocycles. The minimum absolute atomic E-state index is 0.174. The van der Waals surface area contributed by atoms with Crippen LogP contribution in [0.5, 0.6) is 0 Å². The van der Waals surface area contributed by atoms with Gasteiger partial charge in [-0.3, -0.25) is 24.1 Å². The average molecular weight is 450 g/mol. The molecular formula is C26H27NO6. The predicted molar refractivity (Wildman–Crippen MR) is 118 cm³/mol. The summed E-state index contributed by atoms with van der Waals surface area (Å²) in [5, 5.41) is 9.50. The zero-order valence-electron chi connectivity index (χ0n) is 19.2. The van der Waals surface area contributed by atoms with Crippen LogP contribution in [0.3, 0.4) is 0 Å². The van der Waals surface area contributed by atoms with E-state index in [0.29, 0.717) is 34.7 Å². The molecule has 0 spiro atoms. The zero-order valence-corrected chi connectivity index (χ0v) is 19.2. The van der Waals surface area contributed by atoms with Crippen molar-refractivity contribution < 1.29 is 28.7 Å². The van der Waals surface area contributed by atoms with Crippen LogP contribution >= 0.6 is 0 Å². The monoisotopic (exact) mass is 449 g/mol. The Hall–Kier alpha value is -3.06. The maximum absolute atomic E-state index is 13.6. The van der Waals surface area contributed by atoms with Crippen LogP contribution in [0.1, 0.15) is 58.0 Å². The average Bonchev–Trinajstić information content (AvgIpc) is 3.32. The molecule has 172 valence electrons. The van der Waals surface area contributed by atoms with E-state index in [9.17, 15) is 24.3 Å². The van der Waals surface area contributed by atoms with Gasteiger partial charge < -0.3 is 9.52 Å². The van der Waals surface area contributed by atoms with Crippen LogP contribution in [-0.2, 0) is 25.8 Å². The molecule has 4 aliphatic rings. The zero-order chi connectivity index (χ0) is 23.8. The Morgan fingerprint density at radius 3 is 2.45 bits per heavy atom. The normalized spacial score (nSPS) is 29.7. The molecule has 3 aliphatic carbocycles. The highest BCUT2D eigenvalue weighted by Gasteiger charge is 2.58. The smallest absolute Gasteiger partial charge is 0.234 e. The standard InChI is InChI=1S/C26H27NO6/c1-12-9-18(29)21-17(23(12)30)10-16-14(22(21)19-8-5-13(11-28)33-19)6-7-15-20(16)25(32)27(24(15)31)26(2,3)4/h5-6,8-9,15-16,20,22,28H,7,10-11H2,1-4H3/t15-,16+,20-,22+/m0/s1. The molecule has 5 rings (SSSR count). The van der Waals surface area contributed by atoms with Crippen LogP contribution in [0.15, 0.2) is 51.0 Å². The molecule has 0 aromatic carbocycles. The highest BCUT2D eigenvalue weighted by atomic mass is 16.4. The summed E-state index contributed by atoms with van der Waals surface area (Å²) in [7, 11) is 0. The lowest BCUT2D eigenvalue weighted by Gasteiger charge is -2.41. The van der Waals surface area contributed by atoms with Gasteiger partial charge in [0.05, 0.1) is 17.8 Å². The number of rotatable bonds is 2. The number of ketones is 2. The summed E-state index contributed by atoms with van der Waals surface area (Å²) in [4.78, 5) is 54.4. The molecule has 1 fully saturated rings. The molecule has 1 aromatic rings. The number of carbonyl (C=O) groups excluding carboxylic acids is 4. The van der Waals surface area contributed by atoms with Crippen LogP contribution in [0.2, 0.25) is 0 Å². The van der Waals surface area contributed by atoms with Crippen molar-refractivity contribution in [3.8, 4) is 0 Å². The molecule has 0 radical (unpaired) electrons. The van der Waals surface area contributed by atoms with E-state index >= 15 is 0 Å². The molecule has 0 saturated carbocycles. The van der Waals surface area contributed by atoms with Crippen molar-refractivity contribution >= 4 is 23.4 Å². The Balaban J connectivity index is 1.67. The summed E-state index contributed by atoms with van der Waals surface area (Å²) in [6.45, 7) is 6.86. The van der Waals surface area contributed by atoms with E-state index in [1.54, 1.807) is 19.1 Å². The Morgan fingerprint density at radius 1 is 1.09 bits per heavy atom. The third-order valence-electron chi connectivity index (χ3n) is 7.36. The molecule has 33 heavy (non-hydrogen) atoms. The molecule has 1 aromatic heterocycles. The van der Waals surface area contributed by atoms with E-state index in [4.69, 9.17) is 4.42 Å². The number of amides is 2. The number of nitrogens with zero attached hydrogens (tertiary/aromatic N) is 1. The van der Waals surface area contributed by atoms with Gasteiger partial charge in [-0.1, -0.05) is 11.6 Å². The van der Waals surface area contributed by atoms with Crippen molar-refractivity contribution in [2.24, 2.45) is 17.8 Å². The largest absolute Gasteiger partial charge is 0.463 e. The van der Waals surface area contributed by atoms with Crippen LogP contribution in [0, 0.1) is 17.8 Å². The van der Waals surface area contributed by atoms with Crippen molar-refractivity contribution in [3.05, 3.63) is 58.1 Å². The summed E-state index contributed by atoms with van der Waals surface area (Å²) in [6.07, 6.45) is 3.97. The number of aliphatic hydroxyl groups excluding tert-OH is 1. The highest BCUT2D eigenvalue weighted by molar-refractivity contribution is 6.23. The molecule has 7 nitrogen and oxygen atoms in total. The van der Waals surface area contributed by atoms with Crippen LogP contribution in [-0.4, -0.2) is 38.9 Å². The molecule has 7 heteroatoms. The highest BCUT2D eigenvalue weighted by Crippen LogP contribution is 2.55. The fourth-order valence-electron chi connectivity index (χ4n) is 6.00. The lowest BCUT2D eigenvalue weighted by atomic mass is 9.60. The van der Waals surface area contributed by atoms with Crippen LogP contribution in [0.25, 0.3) is 0 Å². The first-order valence-corrected chi connectivity index (χ1v) is 11.3. The number of carbonyl (C=O) groups is 4. The van der Waals surface area contributed by atoms with Gasteiger partial charge in [-0.15, -0.1) is 0 Å². The first-order chi connectivity index (χ1) is 15.5. The van der Waals surface area contributed by atoms with Gasteiger partial charge in [-0.25, -0.2) is 0 Å². The predicted octanol–water partition coefficient (Wildman–Crippen LogP) is 3.00. The first-order valence-electron chi connectivity index (χ1n) is 11.3. The molecule has 0 unspecified atom stereocenters. The summed E-state index contributed by atoms with van der Waals surface area (Å²) < 4.78 is 5.84. The van der Waals surface area contributed by atoms with Gasteiger partial charge in [0.2, 0.25) is 11.8 Å². The van der Waals surface area contributed by atoms with E-state index in [-0.39, 0.29) is 42.3 Å². The van der Waals surface area contributed by atoms with E-state index in [2.05, 4.69) is 0 Å². The Labute approximate surface area is 191 Å². The maximum atomic E-state index is 13.6. The summed E-state index contributed by atoms with van der Waals surface area (Å²) in [6, 6.07) is 3.36. The Bertz CT molecular complexity index is 1200. The Kier molecular flexibility index (Phi) is 4.76. The SMILES string of the molecule is CC1=CC(=O)C2=C(C[C@@H]3C(=CC[C@@H]4C(=O)N(C(C)(C)C)C(=O)[C@@H]43)[C@@H]2c2ccc(CO)o2)C1=O. The van der Waals surface area contributed by atoms with E-state index in [1.165, 1.54) is 11.0 Å². The van der Waals surface area contributed by atoms with Crippen molar-refractivity contribution in [2.75, 3.05) is 0 Å². The van der Waals surface area contributed by atoms with E-state index in [0.717, 1.165) is 5.57 Å². The number of imide groups is 1. The molecule has 1 N–H and O–H groups in total. The second kappa shape index (κ2) is 7.22. The van der Waals surface area contributed by atoms with Gasteiger partial charge in [0.1, 0.15) is 18.1 Å². The number of aliphatic hydroxyl groups is 1. The van der Waals surface area contributed by atoms with Gasteiger partial charge in [-0.2, -0.15) is 0 Å². The van der Waals surface area contributed by atoms with Crippen molar-refractivity contribution in [2.45, 2.75) is 58.6 Å². The quantitative estimate of drug-likeness (QED) is 0.423. The van der Waals surface area contributed by atoms with Crippen LogP contribution < -0.4 is 0 Å². The Morgan fingerprint density at radius 2 is 1.82 bits per heavy atom. The molecule has 4 atom stereocenters. The molecule has 2 heterocycles. The van der Waals surface area contributed by atoms with Crippen molar-refractivity contribution in [1.29, 1.82) is 0 Å². The number of hydrogen-bond acceptors (Lipinski definition) is 6. The first kappa shape index (κ1) is 21.8. The number of fused-ring (bicyclic) bond motifs is 3. The lowest BCUT2D eigenvalue weighted by molar-refractivity contribution is -0.145. The maximum Gasteiger partial charge on any atom is 0.234 e. The number of allylic oxidation sites excluding steroid dienone is 6. The topological polar surface area (TPSA) is 105 Å². The fourth-order valence-corrected chi connectivity index (χ4v) is 6.00. The van der Waals surface area contributed by atoms with Gasteiger partial charge in [-0.05, 0) is 64.7 Å². The number of furan rings is 1. The van der Waals surface area contributed by atoms with Crippen LogP contribution in [0.4, 0.5) is 0 Å². The molecule has 1 saturated heterocycles. The third-order valence-corrected chi connectivity index (χ3v) is 7.36. The van der Waals surface area contributed by atoms with E-state index < -0.39 is 23.3 Å². The van der Waals surface area contributed by atoms with Gasteiger partial charge in [0, 0.05) is 22.3 Å². The molecule has 2 amide bonds. The van der Waals surface area contributed by atoms with Gasteiger partial charge >= 0.3 is 0 Å².